The van der Waals surface area contributed by atoms with Crippen molar-refractivity contribution in [3.63, 3.8) is 0 Å². The summed E-state index contributed by atoms with van der Waals surface area (Å²) in [6.45, 7) is 6.32. The first-order valence-corrected chi connectivity index (χ1v) is 11.2. The van der Waals surface area contributed by atoms with Gasteiger partial charge < -0.3 is 9.84 Å². The van der Waals surface area contributed by atoms with E-state index in [1.165, 1.54) is 11.3 Å². The lowest BCUT2D eigenvalue weighted by molar-refractivity contribution is -0.136. The molecule has 1 aliphatic rings. The number of aliphatic carboxylic acids is 1. The summed E-state index contributed by atoms with van der Waals surface area (Å²) < 4.78 is 7.51. The summed E-state index contributed by atoms with van der Waals surface area (Å²) in [6.07, 6.45) is 0.766. The molecule has 6 nitrogen and oxygen atoms in total. The molecule has 0 aliphatic carbocycles. The monoisotopic (exact) mass is 430 g/mol. The summed E-state index contributed by atoms with van der Waals surface area (Å²) in [5.74, 6) is -0.587. The van der Waals surface area contributed by atoms with Crippen LogP contribution in [0, 0.1) is 5.92 Å². The number of thioether (sulfide) groups is 1. The molecule has 0 bridgehead atoms. The lowest BCUT2D eigenvalue weighted by atomic mass is 9.96. The van der Waals surface area contributed by atoms with Crippen LogP contribution in [0.3, 0.4) is 0 Å². The first-order valence-electron chi connectivity index (χ1n) is 9.50. The molecule has 0 saturated heterocycles. The molecule has 2 unspecified atom stereocenters. The van der Waals surface area contributed by atoms with Crippen molar-refractivity contribution in [2.45, 2.75) is 50.3 Å². The second kappa shape index (κ2) is 7.93. The van der Waals surface area contributed by atoms with Crippen LogP contribution in [0.2, 0.25) is 0 Å². The molecule has 0 spiro atoms. The largest absolute Gasteiger partial charge is 0.480 e. The molecule has 29 heavy (non-hydrogen) atoms. The minimum atomic E-state index is -0.942. The molecule has 4 rings (SSSR count). The molecule has 2 atom stereocenters. The Labute approximate surface area is 176 Å². The van der Waals surface area contributed by atoms with Crippen molar-refractivity contribution in [3.8, 4) is 5.69 Å². The topological polar surface area (TPSA) is 81.4 Å². The molecular formula is C21H22N2O4S2. The molecule has 3 heterocycles. The van der Waals surface area contributed by atoms with Crippen molar-refractivity contribution in [2.75, 3.05) is 0 Å². The molecule has 2 aromatic heterocycles. The number of ether oxygens (including phenoxy) is 1. The first kappa shape index (κ1) is 20.1. The number of aromatic nitrogens is 2. The van der Waals surface area contributed by atoms with Gasteiger partial charge in [0.25, 0.3) is 5.56 Å². The van der Waals surface area contributed by atoms with Crippen LogP contribution in [0.25, 0.3) is 15.9 Å². The predicted molar refractivity (Wildman–Crippen MR) is 115 cm³/mol. The fourth-order valence-electron chi connectivity index (χ4n) is 3.43. The number of hydrogen-bond donors (Lipinski definition) is 1. The number of hydrogen-bond acceptors (Lipinski definition) is 6. The summed E-state index contributed by atoms with van der Waals surface area (Å²) in [5, 5.41) is 9.65. The zero-order valence-electron chi connectivity index (χ0n) is 16.4. The lowest BCUT2D eigenvalue weighted by Crippen LogP contribution is -2.28. The number of nitrogens with zero attached hydrogens (tertiary/aromatic N) is 2. The zero-order chi connectivity index (χ0) is 20.7. The van der Waals surface area contributed by atoms with Gasteiger partial charge in [0, 0.05) is 11.3 Å². The van der Waals surface area contributed by atoms with Gasteiger partial charge in [-0.2, -0.15) is 0 Å². The summed E-state index contributed by atoms with van der Waals surface area (Å²) in [7, 11) is 0. The highest BCUT2D eigenvalue weighted by Gasteiger charge is 2.29. The van der Waals surface area contributed by atoms with Crippen LogP contribution < -0.4 is 5.56 Å². The van der Waals surface area contributed by atoms with Crippen molar-refractivity contribution in [3.05, 3.63) is 51.1 Å². The van der Waals surface area contributed by atoms with Gasteiger partial charge in [-0.25, -0.2) is 4.98 Å². The number of carboxylic acids is 1. The quantitative estimate of drug-likeness (QED) is 0.485. The summed E-state index contributed by atoms with van der Waals surface area (Å²) in [5.41, 5.74) is 1.56. The highest BCUT2D eigenvalue weighted by molar-refractivity contribution is 8.00. The second-order valence-corrected chi connectivity index (χ2v) is 9.84. The number of thiophene rings is 1. The van der Waals surface area contributed by atoms with Crippen LogP contribution in [-0.2, 0) is 22.6 Å². The number of rotatable bonds is 5. The van der Waals surface area contributed by atoms with E-state index in [2.05, 4.69) is 13.8 Å². The fourth-order valence-corrected chi connectivity index (χ4v) is 5.45. The van der Waals surface area contributed by atoms with E-state index < -0.39 is 11.2 Å². The molecule has 1 aliphatic heterocycles. The number of carbonyl (C=O) groups is 1. The zero-order valence-corrected chi connectivity index (χ0v) is 18.0. The van der Waals surface area contributed by atoms with Crippen LogP contribution in [0.1, 0.15) is 31.2 Å². The molecule has 1 N–H and O–H groups in total. The van der Waals surface area contributed by atoms with E-state index in [4.69, 9.17) is 9.72 Å². The van der Waals surface area contributed by atoms with Gasteiger partial charge in [0.1, 0.15) is 10.1 Å². The molecule has 8 heteroatoms. The molecule has 3 aromatic rings. The standard InChI is InChI=1S/C21H22N2O4S2/c1-11(2)15-9-14-16(10-27-15)29-18-17(14)19(24)23(13-7-5-4-6-8-13)21(22-18)28-12(3)20(25)26/h4-8,11-12,15H,9-10H2,1-3H3,(H,25,26). The van der Waals surface area contributed by atoms with Gasteiger partial charge in [-0.05, 0) is 30.5 Å². The van der Waals surface area contributed by atoms with Gasteiger partial charge >= 0.3 is 5.97 Å². The minimum Gasteiger partial charge on any atom is -0.480 e. The van der Waals surface area contributed by atoms with E-state index in [-0.39, 0.29) is 11.7 Å². The summed E-state index contributed by atoms with van der Waals surface area (Å²) in [6, 6.07) is 9.26. The maximum atomic E-state index is 13.6. The van der Waals surface area contributed by atoms with Crippen molar-refractivity contribution in [2.24, 2.45) is 5.92 Å². The third-order valence-electron chi connectivity index (χ3n) is 5.10. The van der Waals surface area contributed by atoms with Crippen molar-refractivity contribution >= 4 is 39.3 Å². The Morgan fingerprint density at radius 3 is 2.69 bits per heavy atom. The van der Waals surface area contributed by atoms with E-state index in [1.807, 2.05) is 30.3 Å². The van der Waals surface area contributed by atoms with E-state index in [9.17, 15) is 14.7 Å². The van der Waals surface area contributed by atoms with E-state index in [1.54, 1.807) is 11.5 Å². The van der Waals surface area contributed by atoms with E-state index >= 15 is 0 Å². The number of carboxylic acid groups (broad SMARTS) is 1. The van der Waals surface area contributed by atoms with Crippen molar-refractivity contribution in [1.29, 1.82) is 0 Å². The Morgan fingerprint density at radius 2 is 2.03 bits per heavy atom. The maximum Gasteiger partial charge on any atom is 0.316 e. The summed E-state index contributed by atoms with van der Waals surface area (Å²) >= 11 is 2.55. The lowest BCUT2D eigenvalue weighted by Gasteiger charge is -2.26. The Kier molecular flexibility index (Phi) is 5.50. The molecule has 152 valence electrons. The number of fused-ring (bicyclic) bond motifs is 3. The number of para-hydroxylation sites is 1. The predicted octanol–water partition coefficient (Wildman–Crippen LogP) is 4.11. The fraction of sp³-hybridized carbons (Fsp3) is 0.381. The van der Waals surface area contributed by atoms with Gasteiger partial charge in [-0.15, -0.1) is 11.3 Å². The SMILES string of the molecule is CC(Sc1nc2sc3c(c2c(=O)n1-c1ccccc1)CC(C(C)C)OC3)C(=O)O. The Morgan fingerprint density at radius 1 is 1.31 bits per heavy atom. The second-order valence-electron chi connectivity index (χ2n) is 7.45. The van der Waals surface area contributed by atoms with Gasteiger partial charge in [0.2, 0.25) is 0 Å². The molecular weight excluding hydrogens is 408 g/mol. The van der Waals surface area contributed by atoms with Crippen LogP contribution in [0.4, 0.5) is 0 Å². The van der Waals surface area contributed by atoms with Crippen LogP contribution in [0.15, 0.2) is 40.3 Å². The van der Waals surface area contributed by atoms with Gasteiger partial charge in [-0.3, -0.25) is 14.2 Å². The van der Waals surface area contributed by atoms with Crippen molar-refractivity contribution < 1.29 is 14.6 Å². The normalized spacial score (nSPS) is 17.4. The molecule has 0 saturated carbocycles. The molecule has 0 amide bonds. The molecule has 1 aromatic carbocycles. The maximum absolute atomic E-state index is 13.6. The molecule has 0 radical (unpaired) electrons. The average molecular weight is 431 g/mol. The number of benzene rings is 1. The van der Waals surface area contributed by atoms with Gasteiger partial charge in [-0.1, -0.05) is 43.8 Å². The van der Waals surface area contributed by atoms with E-state index in [0.717, 1.165) is 22.2 Å². The van der Waals surface area contributed by atoms with Crippen molar-refractivity contribution in [1.82, 2.24) is 9.55 Å². The van der Waals surface area contributed by atoms with Gasteiger partial charge in [0.15, 0.2) is 5.16 Å². The van der Waals surface area contributed by atoms with E-state index in [0.29, 0.717) is 40.0 Å². The highest BCUT2D eigenvalue weighted by atomic mass is 32.2. The Hall–Kier alpha value is -2.16. The summed E-state index contributed by atoms with van der Waals surface area (Å²) in [4.78, 5) is 31.5. The van der Waals surface area contributed by atoms with Crippen LogP contribution >= 0.6 is 23.1 Å². The average Bonchev–Trinajstić information content (AvgIpc) is 3.06. The Balaban J connectivity index is 1.94. The third-order valence-corrected chi connectivity index (χ3v) is 7.24. The minimum absolute atomic E-state index is 0.0750. The Bertz CT molecular complexity index is 1120. The van der Waals surface area contributed by atoms with Crippen LogP contribution in [-0.4, -0.2) is 32.0 Å². The van der Waals surface area contributed by atoms with Crippen LogP contribution in [0.5, 0.6) is 0 Å². The highest BCUT2D eigenvalue weighted by Crippen LogP contribution is 2.36. The molecule has 0 fully saturated rings. The van der Waals surface area contributed by atoms with Gasteiger partial charge in [0.05, 0.1) is 23.8 Å². The third kappa shape index (κ3) is 3.72. The first-order chi connectivity index (χ1) is 13.9. The smallest absolute Gasteiger partial charge is 0.316 e.